The van der Waals surface area contributed by atoms with Crippen LogP contribution in [0.2, 0.25) is 0 Å². The lowest BCUT2D eigenvalue weighted by Crippen LogP contribution is -2.28. The molecule has 0 N–H and O–H groups in total. The predicted molar refractivity (Wildman–Crippen MR) is 160 cm³/mol. The number of rotatable bonds is 7. The lowest BCUT2D eigenvalue weighted by molar-refractivity contribution is -0.122. The van der Waals surface area contributed by atoms with Crippen molar-refractivity contribution in [2.75, 3.05) is 13.7 Å². The number of fused-ring (bicyclic) bond motifs is 1. The molecule has 4 aromatic carbocycles. The molecule has 0 radical (unpaired) electrons. The van der Waals surface area contributed by atoms with E-state index >= 15 is 0 Å². The van der Waals surface area contributed by atoms with Crippen LogP contribution in [0.4, 0.5) is 5.69 Å². The first-order valence-electron chi connectivity index (χ1n) is 11.9. The normalized spacial score (nSPS) is 15.6. The van der Waals surface area contributed by atoms with E-state index < -0.39 is 0 Å². The number of carbonyl (C=O) groups is 1. The largest absolute Gasteiger partial charge is 0.497 e. The molecule has 1 heterocycles. The lowest BCUT2D eigenvalue weighted by atomic mass is 10.1. The molecule has 0 aromatic heterocycles. The third kappa shape index (κ3) is 5.67. The number of hydrogen-bond acceptors (Lipinski definition) is 5. The molecule has 0 unspecified atom stereocenters. The molecule has 4 aromatic rings. The van der Waals surface area contributed by atoms with Crippen LogP contribution < -0.4 is 9.47 Å². The van der Waals surface area contributed by atoms with E-state index in [1.54, 1.807) is 12.0 Å². The molecule has 1 saturated heterocycles. The van der Waals surface area contributed by atoms with E-state index in [0.717, 1.165) is 31.9 Å². The Morgan fingerprint density at radius 1 is 1.00 bits per heavy atom. The summed E-state index contributed by atoms with van der Waals surface area (Å²) < 4.78 is 12.4. The Kier molecular flexibility index (Phi) is 7.81. The van der Waals surface area contributed by atoms with Crippen molar-refractivity contribution in [1.29, 1.82) is 0 Å². The van der Waals surface area contributed by atoms with Gasteiger partial charge in [0.25, 0.3) is 5.91 Å². The highest BCUT2D eigenvalue weighted by Crippen LogP contribution is 2.35. The molecule has 0 spiro atoms. The minimum absolute atomic E-state index is 0.0361. The maximum atomic E-state index is 13.1. The van der Waals surface area contributed by atoms with Gasteiger partial charge in [-0.3, -0.25) is 9.69 Å². The number of aliphatic imine (C=N–C) groups is 1. The minimum Gasteiger partial charge on any atom is -0.497 e. The minimum atomic E-state index is -0.0361. The zero-order valence-corrected chi connectivity index (χ0v) is 23.5. The molecule has 7 heteroatoms. The molecule has 1 fully saturated rings. The van der Waals surface area contributed by atoms with Crippen LogP contribution in [-0.2, 0) is 11.4 Å². The second-order valence-electron chi connectivity index (χ2n) is 8.37. The highest BCUT2D eigenvalue weighted by atomic mass is 127. The third-order valence-electron chi connectivity index (χ3n) is 6.02. The number of methoxy groups -OCH3 is 1. The lowest BCUT2D eigenvalue weighted by Gasteiger charge is -2.12. The van der Waals surface area contributed by atoms with Crippen molar-refractivity contribution in [3.63, 3.8) is 0 Å². The second-order valence-corrected chi connectivity index (χ2v) is 10.5. The molecule has 0 bridgehead atoms. The van der Waals surface area contributed by atoms with E-state index in [1.165, 1.54) is 22.5 Å². The maximum Gasteiger partial charge on any atom is 0.266 e. The fourth-order valence-corrected chi connectivity index (χ4v) is 5.84. The number of halogens is 1. The summed E-state index contributed by atoms with van der Waals surface area (Å²) in [5, 5.41) is 3.08. The van der Waals surface area contributed by atoms with Crippen molar-refractivity contribution < 1.29 is 14.3 Å². The van der Waals surface area contributed by atoms with Crippen molar-refractivity contribution >= 4 is 68.0 Å². The van der Waals surface area contributed by atoms with Gasteiger partial charge in [0.15, 0.2) is 5.17 Å². The van der Waals surface area contributed by atoms with E-state index in [0.29, 0.717) is 23.2 Å². The summed E-state index contributed by atoms with van der Waals surface area (Å²) >= 11 is 3.68. The van der Waals surface area contributed by atoms with Gasteiger partial charge in [0.05, 0.1) is 21.3 Å². The molecule has 5 rings (SSSR count). The first kappa shape index (κ1) is 25.4. The summed E-state index contributed by atoms with van der Waals surface area (Å²) in [6, 6.07) is 28.1. The quantitative estimate of drug-likeness (QED) is 0.157. The van der Waals surface area contributed by atoms with Gasteiger partial charge < -0.3 is 9.47 Å². The zero-order valence-electron chi connectivity index (χ0n) is 20.5. The van der Waals surface area contributed by atoms with E-state index in [-0.39, 0.29) is 5.91 Å². The molecule has 186 valence electrons. The number of likely N-dealkylation sites (N-methyl/N-ethyl adjacent to an activating group) is 1. The summed E-state index contributed by atoms with van der Waals surface area (Å²) in [6.07, 6.45) is 1.92. The van der Waals surface area contributed by atoms with E-state index in [1.807, 2.05) is 67.6 Å². The van der Waals surface area contributed by atoms with Crippen LogP contribution in [0.5, 0.6) is 11.5 Å². The van der Waals surface area contributed by atoms with Gasteiger partial charge >= 0.3 is 0 Å². The highest BCUT2D eigenvalue weighted by molar-refractivity contribution is 14.1. The first-order valence-corrected chi connectivity index (χ1v) is 13.8. The van der Waals surface area contributed by atoms with Crippen molar-refractivity contribution in [3.05, 3.63) is 105 Å². The first-order chi connectivity index (χ1) is 18.1. The predicted octanol–water partition coefficient (Wildman–Crippen LogP) is 7.66. The van der Waals surface area contributed by atoms with Crippen LogP contribution in [0, 0.1) is 3.57 Å². The number of nitrogens with zero attached hydrogens (tertiary/aromatic N) is 2. The van der Waals surface area contributed by atoms with Gasteiger partial charge in [-0.2, -0.15) is 0 Å². The van der Waals surface area contributed by atoms with E-state index in [9.17, 15) is 4.79 Å². The van der Waals surface area contributed by atoms with Crippen LogP contribution in [0.1, 0.15) is 18.1 Å². The van der Waals surface area contributed by atoms with Crippen LogP contribution in [-0.4, -0.2) is 29.6 Å². The van der Waals surface area contributed by atoms with Crippen molar-refractivity contribution in [3.8, 4) is 11.5 Å². The highest BCUT2D eigenvalue weighted by Gasteiger charge is 2.32. The van der Waals surface area contributed by atoms with Gasteiger partial charge in [-0.15, -0.1) is 0 Å². The number of amidine groups is 1. The molecule has 0 saturated carbocycles. The number of benzene rings is 4. The van der Waals surface area contributed by atoms with Gasteiger partial charge in [-0.25, -0.2) is 4.99 Å². The molecule has 0 aliphatic carbocycles. The smallest absolute Gasteiger partial charge is 0.266 e. The molecular formula is C30H25IN2O3S. The molecule has 37 heavy (non-hydrogen) atoms. The number of carbonyl (C=O) groups excluding carboxylic acids is 1. The Hall–Kier alpha value is -3.30. The molecule has 5 nitrogen and oxygen atoms in total. The topological polar surface area (TPSA) is 51.1 Å². The summed E-state index contributed by atoms with van der Waals surface area (Å²) in [6.45, 7) is 3.00. The monoisotopic (exact) mass is 620 g/mol. The fourth-order valence-electron chi connectivity index (χ4n) is 4.09. The Balaban J connectivity index is 1.33. The maximum absolute atomic E-state index is 13.1. The summed E-state index contributed by atoms with van der Waals surface area (Å²) in [5.41, 5.74) is 2.87. The Morgan fingerprint density at radius 3 is 2.54 bits per heavy atom. The van der Waals surface area contributed by atoms with Crippen LogP contribution in [0.25, 0.3) is 16.8 Å². The Labute approximate surface area is 234 Å². The van der Waals surface area contributed by atoms with Crippen molar-refractivity contribution in [1.82, 2.24) is 4.90 Å². The molecular weight excluding hydrogens is 595 g/mol. The van der Waals surface area contributed by atoms with E-state index in [4.69, 9.17) is 14.5 Å². The van der Waals surface area contributed by atoms with Crippen molar-refractivity contribution in [2.24, 2.45) is 4.99 Å². The average molecular weight is 621 g/mol. The SMILES string of the molecule is CCN1C(=O)/C(=C\c2ccc(OCc3cccc4ccccc34)c(I)c2)SC1=Nc1ccc(OC)cc1. The summed E-state index contributed by atoms with van der Waals surface area (Å²) in [4.78, 5) is 20.1. The van der Waals surface area contributed by atoms with Crippen LogP contribution >= 0.6 is 34.4 Å². The summed E-state index contributed by atoms with van der Waals surface area (Å²) in [5.74, 6) is 1.55. The summed E-state index contributed by atoms with van der Waals surface area (Å²) in [7, 11) is 1.63. The second kappa shape index (κ2) is 11.4. The molecule has 1 amide bonds. The Morgan fingerprint density at radius 2 is 1.78 bits per heavy atom. The van der Waals surface area contributed by atoms with Gasteiger partial charge in [0, 0.05) is 6.54 Å². The fraction of sp³-hybridized carbons (Fsp3) is 0.133. The van der Waals surface area contributed by atoms with Gasteiger partial charge in [-0.1, -0.05) is 48.5 Å². The van der Waals surface area contributed by atoms with Gasteiger partial charge in [-0.05, 0) is 106 Å². The van der Waals surface area contributed by atoms with E-state index in [2.05, 4.69) is 52.9 Å². The number of ether oxygens (including phenoxy) is 2. The number of hydrogen-bond donors (Lipinski definition) is 0. The van der Waals surface area contributed by atoms with Crippen LogP contribution in [0.3, 0.4) is 0 Å². The van der Waals surface area contributed by atoms with Gasteiger partial charge in [0.2, 0.25) is 0 Å². The number of amides is 1. The number of thioether (sulfide) groups is 1. The van der Waals surface area contributed by atoms with Crippen molar-refractivity contribution in [2.45, 2.75) is 13.5 Å². The molecule has 1 aliphatic rings. The zero-order chi connectivity index (χ0) is 25.8. The Bertz CT molecular complexity index is 1510. The third-order valence-corrected chi connectivity index (χ3v) is 7.87. The van der Waals surface area contributed by atoms with Gasteiger partial charge in [0.1, 0.15) is 18.1 Å². The van der Waals surface area contributed by atoms with Crippen LogP contribution in [0.15, 0.2) is 94.8 Å². The molecule has 0 atom stereocenters. The average Bonchev–Trinajstić information content (AvgIpc) is 3.21. The molecule has 1 aliphatic heterocycles. The standard InChI is InChI=1S/C30H25IN2O3S/c1-3-33-29(34)28(37-30(33)32-23-12-14-24(35-2)15-13-23)18-20-11-16-27(26(31)17-20)36-19-22-9-6-8-21-7-4-5-10-25(21)22/h4-18H,3,19H2,1-2H3/b28-18+,32-30?.